The minimum atomic E-state index is -0.815. The second kappa shape index (κ2) is 11.1. The number of hydrogen-bond donors (Lipinski definition) is 0. The summed E-state index contributed by atoms with van der Waals surface area (Å²) in [6.07, 6.45) is 3.26. The van der Waals surface area contributed by atoms with Crippen LogP contribution in [0.25, 0.3) is 16.7 Å². The van der Waals surface area contributed by atoms with Crippen molar-refractivity contribution in [1.82, 2.24) is 4.90 Å². The van der Waals surface area contributed by atoms with Crippen LogP contribution in [0.4, 0.5) is 0 Å². The number of ketones is 1. The van der Waals surface area contributed by atoms with Crippen molar-refractivity contribution in [3.05, 3.63) is 137 Å². The third-order valence-electron chi connectivity index (χ3n) is 7.87. The summed E-state index contributed by atoms with van der Waals surface area (Å²) in [6.45, 7) is 0.922. The summed E-state index contributed by atoms with van der Waals surface area (Å²) in [5.74, 6) is 0.147. The van der Waals surface area contributed by atoms with Crippen molar-refractivity contribution in [1.29, 1.82) is 0 Å². The molecular weight excluding hydrogens is 640 g/mol. The number of ether oxygens (including phenoxy) is 1. The summed E-state index contributed by atoms with van der Waals surface area (Å²) in [7, 11) is 0. The van der Waals surface area contributed by atoms with Gasteiger partial charge in [0.05, 0.1) is 0 Å². The van der Waals surface area contributed by atoms with E-state index in [0.717, 1.165) is 35.7 Å². The van der Waals surface area contributed by atoms with Gasteiger partial charge in [-0.2, -0.15) is 0 Å². The maximum absolute atomic E-state index is 14.3. The molecule has 6 heteroatoms. The van der Waals surface area contributed by atoms with Crippen molar-refractivity contribution in [3.63, 3.8) is 0 Å². The van der Waals surface area contributed by atoms with Crippen molar-refractivity contribution in [2.75, 3.05) is 13.2 Å². The van der Waals surface area contributed by atoms with Crippen molar-refractivity contribution in [2.45, 2.75) is 16.5 Å². The van der Waals surface area contributed by atoms with E-state index in [9.17, 15) is 9.59 Å². The molecule has 2 heterocycles. The fourth-order valence-corrected chi connectivity index (χ4v) is 10.9. The summed E-state index contributed by atoms with van der Waals surface area (Å²) < 4.78 is 9.70. The first-order valence-electron chi connectivity index (χ1n) is 13.7. The van der Waals surface area contributed by atoms with Crippen molar-refractivity contribution in [3.8, 4) is 11.1 Å². The third-order valence-corrected chi connectivity index (χ3v) is 12.8. The Balaban J connectivity index is 1.39. The summed E-state index contributed by atoms with van der Waals surface area (Å²) >= 11 is -0.361. The molecule has 1 aliphatic carbocycles. The van der Waals surface area contributed by atoms with E-state index in [1.165, 1.54) is 0 Å². The van der Waals surface area contributed by atoms with Crippen LogP contribution in [-0.2, 0) is 14.3 Å². The van der Waals surface area contributed by atoms with E-state index in [4.69, 9.17) is 4.74 Å². The summed E-state index contributed by atoms with van der Waals surface area (Å²) in [5, 5.41) is 0. The predicted molar refractivity (Wildman–Crippen MR) is 165 cm³/mol. The van der Waals surface area contributed by atoms with Crippen LogP contribution in [0.2, 0.25) is 4.82 Å². The Hall–Kier alpha value is -3.50. The number of amides is 1. The van der Waals surface area contributed by atoms with Gasteiger partial charge in [0.2, 0.25) is 0 Å². The molecule has 4 aromatic carbocycles. The number of benzene rings is 4. The fourth-order valence-electron chi connectivity index (χ4n) is 6.02. The van der Waals surface area contributed by atoms with E-state index < -0.39 is 11.6 Å². The zero-order valence-corrected chi connectivity index (χ0v) is 25.6. The molecule has 0 saturated carbocycles. The monoisotopic (exact) mass is 669 g/mol. The molecule has 0 bridgehead atoms. The van der Waals surface area contributed by atoms with Gasteiger partial charge in [-0.05, 0) is 0 Å². The Bertz CT molecular complexity index is 1650. The Morgan fingerprint density at radius 1 is 0.707 bits per heavy atom. The second-order valence-electron chi connectivity index (χ2n) is 10.2. The van der Waals surface area contributed by atoms with E-state index in [-0.39, 0.29) is 46.4 Å². The zero-order chi connectivity index (χ0) is 27.8. The van der Waals surface area contributed by atoms with Crippen LogP contribution in [0.1, 0.15) is 5.56 Å². The number of hydrogen-bond acceptors (Lipinski definition) is 3. The number of nitrogens with zero attached hydrogens (tertiary/aromatic N) is 1. The quantitative estimate of drug-likeness (QED) is 0.292. The zero-order valence-electron chi connectivity index (χ0n) is 22.2. The molecule has 1 fully saturated rings. The van der Waals surface area contributed by atoms with Gasteiger partial charge in [0.15, 0.2) is 0 Å². The first-order valence-corrected chi connectivity index (χ1v) is 17.2. The number of morpholine rings is 1. The summed E-state index contributed by atoms with van der Waals surface area (Å²) in [4.78, 5) is 29.5. The topological polar surface area (TPSA) is 46.6 Å². The third kappa shape index (κ3) is 4.66. The van der Waals surface area contributed by atoms with Crippen LogP contribution < -0.4 is 8.92 Å². The molecule has 0 N–H and O–H groups in total. The first kappa shape index (κ1) is 26.4. The van der Waals surface area contributed by atoms with Gasteiger partial charge >= 0.3 is 254 Å². The molecule has 2 aliphatic heterocycles. The van der Waals surface area contributed by atoms with Gasteiger partial charge in [-0.1, -0.05) is 0 Å². The van der Waals surface area contributed by atoms with Crippen LogP contribution in [0.3, 0.4) is 0 Å². The molecule has 4 nitrogen and oxygen atoms in total. The number of carbonyl (C=O) groups excluding carboxylic acids is 2. The molecular formula is C35H27NO3Se2. The van der Waals surface area contributed by atoms with E-state index in [1.807, 2.05) is 65.6 Å². The Labute approximate surface area is 252 Å². The van der Waals surface area contributed by atoms with Gasteiger partial charge in [0, 0.05) is 0 Å². The van der Waals surface area contributed by atoms with Gasteiger partial charge in [-0.25, -0.2) is 0 Å². The standard InChI is InChI=1S/C35H27NO3Se2/c37-29-20-21-35-30(26-18-16-25(17-19-26)24-10-4-1-5-11-24)32(41-28-14-8-3-9-15-28)34(38)36(35)22-23-39-33(35)31(29)40-27-12-6-2-7-13-27/h1-21,31,33H,22-23H2. The Morgan fingerprint density at radius 2 is 1.29 bits per heavy atom. The molecule has 1 spiro atoms. The minimum absolute atomic E-state index is 0.0641. The second-order valence-corrected chi connectivity index (χ2v) is 15.0. The molecule has 7 rings (SSSR count). The fraction of sp³-hybridized carbons (Fsp3) is 0.143. The molecule has 3 aliphatic rings. The molecule has 41 heavy (non-hydrogen) atoms. The molecule has 4 aromatic rings. The van der Waals surface area contributed by atoms with E-state index >= 15 is 0 Å². The molecule has 3 unspecified atom stereocenters. The van der Waals surface area contributed by atoms with E-state index in [2.05, 4.69) is 60.7 Å². The normalized spacial score (nSPS) is 23.5. The van der Waals surface area contributed by atoms with Gasteiger partial charge in [0.25, 0.3) is 0 Å². The van der Waals surface area contributed by atoms with E-state index in [0.29, 0.717) is 13.2 Å². The van der Waals surface area contributed by atoms with Crippen LogP contribution in [0, 0.1) is 0 Å². The molecule has 0 radical (unpaired) electrons. The van der Waals surface area contributed by atoms with Gasteiger partial charge in [-0.15, -0.1) is 0 Å². The molecule has 3 atom stereocenters. The Kier molecular flexibility index (Phi) is 7.12. The van der Waals surface area contributed by atoms with Crippen molar-refractivity contribution < 1.29 is 14.3 Å². The molecule has 202 valence electrons. The van der Waals surface area contributed by atoms with E-state index in [1.54, 1.807) is 6.08 Å². The van der Waals surface area contributed by atoms with Crippen molar-refractivity contribution in [2.24, 2.45) is 0 Å². The maximum atomic E-state index is 14.3. The molecule has 1 saturated heterocycles. The molecule has 0 aromatic heterocycles. The molecule has 1 amide bonds. The predicted octanol–water partition coefficient (Wildman–Crippen LogP) is 4.03. The van der Waals surface area contributed by atoms with Gasteiger partial charge in [0.1, 0.15) is 0 Å². The average molecular weight is 668 g/mol. The Morgan fingerprint density at radius 3 is 1.98 bits per heavy atom. The van der Waals surface area contributed by atoms with Gasteiger partial charge in [-0.3, -0.25) is 0 Å². The van der Waals surface area contributed by atoms with Crippen LogP contribution in [0.5, 0.6) is 0 Å². The van der Waals surface area contributed by atoms with Gasteiger partial charge < -0.3 is 0 Å². The number of carbonyl (C=O) groups is 2. The number of allylic oxidation sites excluding steroid dienone is 1. The van der Waals surface area contributed by atoms with Crippen molar-refractivity contribution >= 4 is 56.1 Å². The average Bonchev–Trinajstić information content (AvgIpc) is 3.27. The summed E-state index contributed by atoms with van der Waals surface area (Å²) in [5.41, 5.74) is 3.46. The van der Waals surface area contributed by atoms with Crippen LogP contribution in [-0.4, -0.2) is 71.3 Å². The van der Waals surface area contributed by atoms with Crippen LogP contribution in [0.15, 0.2) is 132 Å². The SMILES string of the molecule is O=C1C=CC23C(c4ccc(-c5ccccc5)cc4)=C([Se]c4ccccc4)C(=O)N2CCOC3C1[Se]c1ccccc1. The summed E-state index contributed by atoms with van der Waals surface area (Å²) in [6, 6.07) is 39.3. The van der Waals surface area contributed by atoms with Crippen LogP contribution >= 0.6 is 0 Å². The first-order chi connectivity index (χ1) is 20.1. The number of rotatable bonds is 6.